The number of esters is 1. The molecule has 4 rings (SSSR count). The molecule has 0 aromatic heterocycles. The zero-order chi connectivity index (χ0) is 26.7. The van der Waals surface area contributed by atoms with Crippen molar-refractivity contribution in [3.63, 3.8) is 0 Å². The van der Waals surface area contributed by atoms with Gasteiger partial charge in [0, 0.05) is 11.3 Å². The first-order valence-corrected chi connectivity index (χ1v) is 11.6. The van der Waals surface area contributed by atoms with Crippen LogP contribution in [0.5, 0.6) is 11.5 Å². The Hall–Kier alpha value is -4.59. The summed E-state index contributed by atoms with van der Waals surface area (Å²) < 4.78 is 15.4. The highest BCUT2D eigenvalue weighted by molar-refractivity contribution is 6.51. The van der Waals surface area contributed by atoms with Crippen molar-refractivity contribution in [2.45, 2.75) is 19.4 Å². The van der Waals surface area contributed by atoms with E-state index in [0.29, 0.717) is 22.7 Å². The Morgan fingerprint density at radius 1 is 0.892 bits per heavy atom. The quantitative estimate of drug-likeness (QED) is 0.217. The van der Waals surface area contributed by atoms with Crippen LogP contribution in [0, 0.1) is 0 Å². The molecule has 0 saturated carbocycles. The number of amides is 1. The van der Waals surface area contributed by atoms with Crippen LogP contribution in [-0.4, -0.2) is 44.1 Å². The number of ketones is 1. The van der Waals surface area contributed by atoms with E-state index in [1.807, 2.05) is 31.2 Å². The Balaban J connectivity index is 1.93. The maximum atomic E-state index is 13.4. The zero-order valence-electron chi connectivity index (χ0n) is 21.0. The van der Waals surface area contributed by atoms with Crippen molar-refractivity contribution in [2.75, 3.05) is 26.2 Å². The van der Waals surface area contributed by atoms with Gasteiger partial charge in [0.25, 0.3) is 11.7 Å². The minimum Gasteiger partial charge on any atom is -0.507 e. The Bertz CT molecular complexity index is 1390. The highest BCUT2D eigenvalue weighted by atomic mass is 16.5. The van der Waals surface area contributed by atoms with Gasteiger partial charge < -0.3 is 19.3 Å². The highest BCUT2D eigenvalue weighted by Gasteiger charge is 2.47. The third kappa shape index (κ3) is 4.65. The van der Waals surface area contributed by atoms with Gasteiger partial charge in [-0.3, -0.25) is 14.5 Å². The van der Waals surface area contributed by atoms with Gasteiger partial charge in [0.2, 0.25) is 0 Å². The van der Waals surface area contributed by atoms with Crippen molar-refractivity contribution in [2.24, 2.45) is 0 Å². The minimum atomic E-state index is -0.938. The fraction of sp³-hybridized carbons (Fsp3) is 0.207. The number of anilines is 1. The predicted octanol–water partition coefficient (Wildman–Crippen LogP) is 4.68. The molecule has 8 heteroatoms. The van der Waals surface area contributed by atoms with Gasteiger partial charge in [-0.15, -0.1) is 0 Å². The van der Waals surface area contributed by atoms with Gasteiger partial charge in [-0.25, -0.2) is 4.79 Å². The van der Waals surface area contributed by atoms with E-state index in [4.69, 9.17) is 14.2 Å². The summed E-state index contributed by atoms with van der Waals surface area (Å²) in [5.41, 5.74) is 2.46. The van der Waals surface area contributed by atoms with Crippen LogP contribution in [0.3, 0.4) is 0 Å². The number of carbonyl (C=O) groups is 3. The second kappa shape index (κ2) is 10.6. The van der Waals surface area contributed by atoms with Gasteiger partial charge in [-0.05, 0) is 53.9 Å². The van der Waals surface area contributed by atoms with E-state index in [0.717, 1.165) is 12.0 Å². The van der Waals surface area contributed by atoms with Crippen LogP contribution >= 0.6 is 0 Å². The lowest BCUT2D eigenvalue weighted by Crippen LogP contribution is -2.29. The van der Waals surface area contributed by atoms with E-state index in [1.54, 1.807) is 30.3 Å². The summed E-state index contributed by atoms with van der Waals surface area (Å²) in [6, 6.07) is 17.5. The molecule has 1 atom stereocenters. The number of hydrogen-bond donors (Lipinski definition) is 1. The topological polar surface area (TPSA) is 102 Å². The maximum Gasteiger partial charge on any atom is 0.337 e. The molecule has 190 valence electrons. The largest absolute Gasteiger partial charge is 0.507 e. The van der Waals surface area contributed by atoms with Crippen LogP contribution < -0.4 is 14.4 Å². The van der Waals surface area contributed by atoms with Crippen LogP contribution in [0.4, 0.5) is 5.69 Å². The summed E-state index contributed by atoms with van der Waals surface area (Å²) in [4.78, 5) is 40.3. The molecule has 3 aromatic rings. The number of nitrogens with zero attached hydrogens (tertiary/aromatic N) is 1. The second-order valence-corrected chi connectivity index (χ2v) is 8.38. The highest BCUT2D eigenvalue weighted by Crippen LogP contribution is 2.43. The van der Waals surface area contributed by atoms with Crippen molar-refractivity contribution in [1.29, 1.82) is 0 Å². The van der Waals surface area contributed by atoms with Gasteiger partial charge in [0.05, 0.1) is 38.5 Å². The normalized spacial score (nSPS) is 16.5. The van der Waals surface area contributed by atoms with E-state index in [-0.39, 0.29) is 22.5 Å². The predicted molar refractivity (Wildman–Crippen MR) is 138 cm³/mol. The van der Waals surface area contributed by atoms with E-state index in [1.165, 1.54) is 38.4 Å². The second-order valence-electron chi connectivity index (χ2n) is 8.38. The number of aliphatic hydroxyl groups excluding tert-OH is 1. The third-order valence-electron chi connectivity index (χ3n) is 6.35. The van der Waals surface area contributed by atoms with E-state index < -0.39 is 23.7 Å². The molecule has 1 unspecified atom stereocenters. The number of carbonyl (C=O) groups excluding carboxylic acids is 3. The monoisotopic (exact) mass is 501 g/mol. The molecule has 0 radical (unpaired) electrons. The summed E-state index contributed by atoms with van der Waals surface area (Å²) in [7, 11) is 4.22. The number of rotatable bonds is 7. The van der Waals surface area contributed by atoms with Gasteiger partial charge >= 0.3 is 5.97 Å². The molecule has 0 aliphatic carbocycles. The molecule has 37 heavy (non-hydrogen) atoms. The molecule has 0 bridgehead atoms. The van der Waals surface area contributed by atoms with Gasteiger partial charge in [-0.1, -0.05) is 37.3 Å². The lowest BCUT2D eigenvalue weighted by Gasteiger charge is -2.26. The maximum absolute atomic E-state index is 13.4. The Morgan fingerprint density at radius 3 is 2.22 bits per heavy atom. The first kappa shape index (κ1) is 25.5. The lowest BCUT2D eigenvalue weighted by molar-refractivity contribution is -0.132. The summed E-state index contributed by atoms with van der Waals surface area (Å²) in [5.74, 6) is -1.79. The third-order valence-corrected chi connectivity index (χ3v) is 6.35. The fourth-order valence-electron chi connectivity index (χ4n) is 4.39. The number of hydrogen-bond acceptors (Lipinski definition) is 7. The molecule has 3 aromatic carbocycles. The van der Waals surface area contributed by atoms with Crippen molar-refractivity contribution in [3.05, 3.63) is 94.6 Å². The summed E-state index contributed by atoms with van der Waals surface area (Å²) in [6.07, 6.45) is 0.813. The molecular formula is C29H27NO7. The van der Waals surface area contributed by atoms with Gasteiger partial charge in [-0.2, -0.15) is 0 Å². The van der Waals surface area contributed by atoms with Crippen molar-refractivity contribution < 1.29 is 33.7 Å². The van der Waals surface area contributed by atoms with E-state index in [9.17, 15) is 19.5 Å². The molecule has 0 spiro atoms. The number of methoxy groups -OCH3 is 3. The Morgan fingerprint density at radius 2 is 1.59 bits per heavy atom. The molecule has 1 aliphatic rings. The minimum absolute atomic E-state index is 0.0788. The molecule has 1 fully saturated rings. The number of benzene rings is 3. The average Bonchev–Trinajstić information content (AvgIpc) is 3.21. The average molecular weight is 502 g/mol. The van der Waals surface area contributed by atoms with Crippen LogP contribution in [-0.2, 0) is 20.7 Å². The van der Waals surface area contributed by atoms with Crippen LogP contribution in [0.25, 0.3) is 5.76 Å². The molecule has 1 aliphatic heterocycles. The van der Waals surface area contributed by atoms with Crippen LogP contribution in [0.15, 0.2) is 72.3 Å². The molecule has 8 nitrogen and oxygen atoms in total. The molecule has 1 heterocycles. The fourth-order valence-corrected chi connectivity index (χ4v) is 4.39. The standard InChI is InChI=1S/C29H27NO7/c1-5-17-9-11-18(12-10-17)25-24(26(31)19-13-14-22(35-2)23(16-19)36-3)27(32)28(33)30(25)21-8-6-7-20(15-21)29(34)37-4/h6-16,25,31H,5H2,1-4H3/b26-24+. The first-order chi connectivity index (χ1) is 17.8. The molecule has 1 saturated heterocycles. The zero-order valence-corrected chi connectivity index (χ0v) is 21.0. The Labute approximate surface area is 214 Å². The van der Waals surface area contributed by atoms with E-state index in [2.05, 4.69) is 0 Å². The summed E-state index contributed by atoms with van der Waals surface area (Å²) >= 11 is 0. The van der Waals surface area contributed by atoms with Gasteiger partial charge in [0.15, 0.2) is 11.5 Å². The van der Waals surface area contributed by atoms with Gasteiger partial charge in [0.1, 0.15) is 5.76 Å². The smallest absolute Gasteiger partial charge is 0.337 e. The summed E-state index contributed by atoms with van der Waals surface area (Å²) in [5, 5.41) is 11.4. The van der Waals surface area contributed by atoms with Crippen molar-refractivity contribution in [1.82, 2.24) is 0 Å². The first-order valence-electron chi connectivity index (χ1n) is 11.6. The number of aliphatic hydroxyl groups is 1. The van der Waals surface area contributed by atoms with Crippen molar-refractivity contribution in [3.8, 4) is 11.5 Å². The molecule has 1 amide bonds. The van der Waals surface area contributed by atoms with Crippen LogP contribution in [0.2, 0.25) is 0 Å². The SMILES string of the molecule is CCc1ccc(C2/C(=C(\O)c3ccc(OC)c(OC)c3)C(=O)C(=O)N2c2cccc(C(=O)OC)c2)cc1. The molecular weight excluding hydrogens is 474 g/mol. The van der Waals surface area contributed by atoms with E-state index >= 15 is 0 Å². The molecule has 1 N–H and O–H groups in total. The van der Waals surface area contributed by atoms with Crippen molar-refractivity contribution >= 4 is 29.1 Å². The number of ether oxygens (including phenoxy) is 3. The Kier molecular flexibility index (Phi) is 7.29. The van der Waals surface area contributed by atoms with Crippen LogP contribution in [0.1, 0.15) is 40.0 Å². The lowest BCUT2D eigenvalue weighted by atomic mass is 9.94. The number of aryl methyl sites for hydroxylation is 1. The number of Topliss-reactive ketones (excluding diaryl/α,β-unsaturated/α-hetero) is 1. The summed E-state index contributed by atoms with van der Waals surface area (Å²) in [6.45, 7) is 2.02.